The van der Waals surface area contributed by atoms with Crippen LogP contribution in [0.2, 0.25) is 0 Å². The average Bonchev–Trinajstić information content (AvgIpc) is 2.73. The van der Waals surface area contributed by atoms with Gasteiger partial charge in [-0.05, 0) is 35.1 Å². The largest absolute Gasteiger partial charge is 0.368 e. The predicted octanol–water partition coefficient (Wildman–Crippen LogP) is 5.20. The van der Waals surface area contributed by atoms with E-state index in [0.29, 0.717) is 38.0 Å². The molecule has 1 aliphatic heterocycles. The summed E-state index contributed by atoms with van der Waals surface area (Å²) in [6.45, 7) is 11.1. The Bertz CT molecular complexity index is 875. The summed E-state index contributed by atoms with van der Waals surface area (Å²) in [6.07, 6.45) is 0. The zero-order valence-electron chi connectivity index (χ0n) is 18.1. The van der Waals surface area contributed by atoms with Crippen LogP contribution in [0.1, 0.15) is 50.7 Å². The van der Waals surface area contributed by atoms with Crippen LogP contribution < -0.4 is 10.2 Å². The van der Waals surface area contributed by atoms with Crippen molar-refractivity contribution in [2.45, 2.75) is 39.5 Å². The number of piperazine rings is 1. The molecule has 1 N–H and O–H groups in total. The number of hydrogen-bond donors (Lipinski definition) is 1. The zero-order valence-corrected chi connectivity index (χ0v) is 18.1. The monoisotopic (exact) mass is 410 g/mol. The molecule has 160 valence electrons. The number of non-ortho nitro benzene ring substituents is 1. The predicted molar refractivity (Wildman–Crippen MR) is 121 cm³/mol. The average molecular weight is 411 g/mol. The first-order valence-corrected chi connectivity index (χ1v) is 10.5. The number of carbonyl (C=O) groups is 1. The Morgan fingerprint density at radius 3 is 1.93 bits per heavy atom. The maximum Gasteiger partial charge on any atom is 0.321 e. The molecule has 0 unspecified atom stereocenters. The summed E-state index contributed by atoms with van der Waals surface area (Å²) in [7, 11) is 0. The van der Waals surface area contributed by atoms with Crippen molar-refractivity contribution < 1.29 is 9.72 Å². The zero-order chi connectivity index (χ0) is 21.8. The normalized spacial score (nSPS) is 14.3. The summed E-state index contributed by atoms with van der Waals surface area (Å²) in [4.78, 5) is 27.4. The lowest BCUT2D eigenvalue weighted by atomic mass is 9.93. The smallest absolute Gasteiger partial charge is 0.321 e. The molecule has 1 aliphatic rings. The fourth-order valence-electron chi connectivity index (χ4n) is 3.83. The van der Waals surface area contributed by atoms with E-state index in [1.54, 1.807) is 12.1 Å². The van der Waals surface area contributed by atoms with Gasteiger partial charge in [-0.15, -0.1) is 0 Å². The molecule has 0 aromatic heterocycles. The van der Waals surface area contributed by atoms with Crippen LogP contribution >= 0.6 is 0 Å². The van der Waals surface area contributed by atoms with Crippen LogP contribution in [0.4, 0.5) is 21.9 Å². The van der Waals surface area contributed by atoms with Crippen molar-refractivity contribution in [2.75, 3.05) is 36.4 Å². The van der Waals surface area contributed by atoms with Crippen molar-refractivity contribution in [3.63, 3.8) is 0 Å². The molecule has 0 aliphatic carbocycles. The van der Waals surface area contributed by atoms with Gasteiger partial charge in [0.25, 0.3) is 5.69 Å². The van der Waals surface area contributed by atoms with E-state index in [9.17, 15) is 14.9 Å². The third-order valence-corrected chi connectivity index (χ3v) is 5.60. The van der Waals surface area contributed by atoms with Crippen LogP contribution in [-0.4, -0.2) is 42.0 Å². The molecular weight excluding hydrogens is 380 g/mol. The summed E-state index contributed by atoms with van der Waals surface area (Å²) >= 11 is 0. The second-order valence-electron chi connectivity index (χ2n) is 8.30. The Kier molecular flexibility index (Phi) is 6.59. The van der Waals surface area contributed by atoms with Crippen molar-refractivity contribution in [3.8, 4) is 0 Å². The van der Waals surface area contributed by atoms with Gasteiger partial charge in [-0.1, -0.05) is 45.9 Å². The second kappa shape index (κ2) is 9.15. The Hall–Kier alpha value is -3.09. The molecule has 0 spiro atoms. The molecule has 1 fully saturated rings. The van der Waals surface area contributed by atoms with Gasteiger partial charge < -0.3 is 15.1 Å². The number of para-hydroxylation sites is 1. The molecule has 30 heavy (non-hydrogen) atoms. The maximum absolute atomic E-state index is 13.0. The van der Waals surface area contributed by atoms with E-state index in [1.165, 1.54) is 12.1 Å². The van der Waals surface area contributed by atoms with Crippen molar-refractivity contribution in [1.82, 2.24) is 4.90 Å². The van der Waals surface area contributed by atoms with Crippen LogP contribution in [0, 0.1) is 10.1 Å². The van der Waals surface area contributed by atoms with Crippen LogP contribution in [0.15, 0.2) is 42.5 Å². The number of benzene rings is 2. The number of carbonyl (C=O) groups excluding carboxylic acids is 1. The summed E-state index contributed by atoms with van der Waals surface area (Å²) < 4.78 is 0. The molecular formula is C23H30N4O3. The molecule has 7 nitrogen and oxygen atoms in total. The lowest BCUT2D eigenvalue weighted by molar-refractivity contribution is -0.384. The van der Waals surface area contributed by atoms with Gasteiger partial charge in [-0.3, -0.25) is 10.1 Å². The molecule has 2 aromatic carbocycles. The Morgan fingerprint density at radius 2 is 1.47 bits per heavy atom. The van der Waals surface area contributed by atoms with Gasteiger partial charge in [0.2, 0.25) is 0 Å². The van der Waals surface area contributed by atoms with E-state index < -0.39 is 4.92 Å². The van der Waals surface area contributed by atoms with Gasteiger partial charge in [0.15, 0.2) is 0 Å². The lowest BCUT2D eigenvalue weighted by Crippen LogP contribution is -2.50. The highest BCUT2D eigenvalue weighted by Gasteiger charge is 2.24. The van der Waals surface area contributed by atoms with Crippen molar-refractivity contribution in [1.29, 1.82) is 0 Å². The quantitative estimate of drug-likeness (QED) is 0.543. The minimum Gasteiger partial charge on any atom is -0.368 e. The fraction of sp³-hybridized carbons (Fsp3) is 0.435. The van der Waals surface area contributed by atoms with Crippen molar-refractivity contribution >= 4 is 23.1 Å². The number of hydrogen-bond acceptors (Lipinski definition) is 4. The van der Waals surface area contributed by atoms with Gasteiger partial charge in [0, 0.05) is 49.7 Å². The van der Waals surface area contributed by atoms with Crippen molar-refractivity contribution in [3.05, 3.63) is 63.7 Å². The first-order valence-electron chi connectivity index (χ1n) is 10.5. The highest BCUT2D eigenvalue weighted by molar-refractivity contribution is 5.91. The Morgan fingerprint density at radius 1 is 0.933 bits per heavy atom. The summed E-state index contributed by atoms with van der Waals surface area (Å²) in [5.74, 6) is 0.635. The van der Waals surface area contributed by atoms with Gasteiger partial charge in [0.1, 0.15) is 0 Å². The van der Waals surface area contributed by atoms with E-state index >= 15 is 0 Å². The first-order chi connectivity index (χ1) is 14.3. The van der Waals surface area contributed by atoms with E-state index in [4.69, 9.17) is 0 Å². The number of rotatable bonds is 5. The number of urea groups is 1. The fourth-order valence-corrected chi connectivity index (χ4v) is 3.83. The third kappa shape index (κ3) is 4.72. The third-order valence-electron chi connectivity index (χ3n) is 5.60. The van der Waals surface area contributed by atoms with Crippen LogP contribution in [-0.2, 0) is 0 Å². The molecule has 0 saturated carbocycles. The van der Waals surface area contributed by atoms with Crippen molar-refractivity contribution in [2.24, 2.45) is 0 Å². The minimum absolute atomic E-state index is 0.0756. The topological polar surface area (TPSA) is 78.7 Å². The van der Waals surface area contributed by atoms with E-state index in [1.807, 2.05) is 4.90 Å². The van der Waals surface area contributed by atoms with E-state index in [2.05, 4.69) is 56.1 Å². The molecule has 3 rings (SSSR count). The number of amides is 2. The van der Waals surface area contributed by atoms with Gasteiger partial charge in [-0.2, -0.15) is 0 Å². The number of nitrogens with zero attached hydrogens (tertiary/aromatic N) is 3. The number of anilines is 2. The molecule has 1 heterocycles. The molecule has 2 aromatic rings. The molecule has 7 heteroatoms. The standard InChI is InChI=1S/C23H30N4O3/c1-16(2)20-6-5-7-21(17(3)4)22(20)24-23(28)26-14-12-25(13-15-26)18-8-10-19(11-9-18)27(29)30/h5-11,16-17H,12-15H2,1-4H3,(H,24,28). The van der Waals surface area contributed by atoms with Gasteiger partial charge in [-0.25, -0.2) is 4.79 Å². The highest BCUT2D eigenvalue weighted by Crippen LogP contribution is 2.32. The second-order valence-corrected chi connectivity index (χ2v) is 8.30. The molecule has 0 atom stereocenters. The van der Waals surface area contributed by atoms with Gasteiger partial charge in [0.05, 0.1) is 4.92 Å². The van der Waals surface area contributed by atoms with Gasteiger partial charge >= 0.3 is 6.03 Å². The summed E-state index contributed by atoms with van der Waals surface area (Å²) in [5.41, 5.74) is 4.26. The molecule has 0 bridgehead atoms. The minimum atomic E-state index is -0.396. The Labute approximate surface area is 177 Å². The molecule has 1 saturated heterocycles. The summed E-state index contributed by atoms with van der Waals surface area (Å²) in [5, 5.41) is 14.0. The highest BCUT2D eigenvalue weighted by atomic mass is 16.6. The number of nitrogens with one attached hydrogen (secondary N) is 1. The van der Waals surface area contributed by atoms with Crippen LogP contribution in [0.25, 0.3) is 0 Å². The summed E-state index contributed by atoms with van der Waals surface area (Å²) in [6, 6.07) is 12.7. The van der Waals surface area contributed by atoms with E-state index in [0.717, 1.165) is 22.5 Å². The lowest BCUT2D eigenvalue weighted by Gasteiger charge is -2.36. The number of nitro benzene ring substituents is 1. The van der Waals surface area contributed by atoms with Crippen LogP contribution in [0.3, 0.4) is 0 Å². The van der Waals surface area contributed by atoms with Crippen LogP contribution in [0.5, 0.6) is 0 Å². The van der Waals surface area contributed by atoms with E-state index in [-0.39, 0.29) is 11.7 Å². The maximum atomic E-state index is 13.0. The molecule has 2 amide bonds. The first kappa shape index (κ1) is 21.6. The molecule has 0 radical (unpaired) electrons. The number of nitro groups is 1. The Balaban J connectivity index is 1.67. The SMILES string of the molecule is CC(C)c1cccc(C(C)C)c1NC(=O)N1CCN(c2ccc([N+](=O)[O-])cc2)CC1.